The Balaban J connectivity index is 4.18. The largest absolute Gasteiger partial charge is 0.509 e. The van der Waals surface area contributed by atoms with Gasteiger partial charge in [0, 0.05) is 6.08 Å². The summed E-state index contributed by atoms with van der Waals surface area (Å²) in [4.78, 5) is 20.0. The molecule has 0 amide bonds. The van der Waals surface area contributed by atoms with Crippen LogP contribution >= 0.6 is 0 Å². The van der Waals surface area contributed by atoms with Crippen LogP contribution in [0, 0.1) is 0 Å². The number of carbonyl (C=O) groups is 2. The molecule has 0 aliphatic heterocycles. The van der Waals surface area contributed by atoms with Crippen LogP contribution in [-0.2, 0) is 9.59 Å². The molecule has 0 aliphatic rings. The van der Waals surface area contributed by atoms with Crippen molar-refractivity contribution in [1.82, 2.24) is 0 Å². The molecule has 0 rings (SSSR count). The first-order valence-electron chi connectivity index (χ1n) is 2.62. The number of allylic oxidation sites excluding steroid dienone is 1. The lowest BCUT2D eigenvalue weighted by atomic mass is 10.2. The van der Waals surface area contributed by atoms with E-state index < -0.39 is 17.6 Å². The number of carbonyl (C=O) groups excluding carboxylic acids is 2. The first-order valence-corrected chi connectivity index (χ1v) is 2.62. The smallest absolute Gasteiger partial charge is 0.166 e. The molecule has 4 nitrogen and oxygen atoms in total. The number of aldehydes is 1. The Morgan fingerprint density at radius 2 is 2.10 bits per heavy atom. The lowest BCUT2D eigenvalue weighted by Crippen LogP contribution is -2.12. The number of aliphatic hydroxyl groups excluding tert-OH is 2. The molecule has 0 spiro atoms. The van der Waals surface area contributed by atoms with Crippen LogP contribution in [-0.4, -0.2) is 28.4 Å². The molecule has 0 aliphatic carbocycles. The molecule has 0 aromatic heterocycles. The van der Waals surface area contributed by atoms with E-state index in [0.29, 0.717) is 0 Å². The third-order valence-corrected chi connectivity index (χ3v) is 0.783. The predicted octanol–water partition coefficient (Wildman–Crippen LogP) is -0.423. The summed E-state index contributed by atoms with van der Waals surface area (Å²) in [5.41, 5.74) is 0. The molecule has 0 aromatic carbocycles. The fraction of sp³-hybridized carbons (Fsp3) is 0.333. The molecule has 0 saturated carbocycles. The van der Waals surface area contributed by atoms with E-state index >= 15 is 0 Å². The standard InChI is InChI=1S/C6H8O4/c1-4(8)2-5(9)6(10)3-7/h2-3,6,9-10H,1H3. The number of hydrogen-bond acceptors (Lipinski definition) is 4. The van der Waals surface area contributed by atoms with Crippen LogP contribution in [0.3, 0.4) is 0 Å². The normalized spacial score (nSPS) is 14.4. The Labute approximate surface area is 57.8 Å². The summed E-state index contributed by atoms with van der Waals surface area (Å²) >= 11 is 0. The minimum Gasteiger partial charge on any atom is -0.509 e. The third-order valence-electron chi connectivity index (χ3n) is 0.783. The lowest BCUT2D eigenvalue weighted by Gasteiger charge is -1.98. The van der Waals surface area contributed by atoms with Crippen molar-refractivity contribution in [3.05, 3.63) is 11.8 Å². The highest BCUT2D eigenvalue weighted by molar-refractivity contribution is 5.88. The molecule has 0 fully saturated rings. The van der Waals surface area contributed by atoms with Crippen LogP contribution in [0.5, 0.6) is 0 Å². The van der Waals surface area contributed by atoms with Gasteiger partial charge in [0.1, 0.15) is 5.76 Å². The number of hydrogen-bond donors (Lipinski definition) is 2. The van der Waals surface area contributed by atoms with Crippen molar-refractivity contribution in [2.24, 2.45) is 0 Å². The fourth-order valence-corrected chi connectivity index (χ4v) is 0.363. The Morgan fingerprint density at radius 1 is 1.60 bits per heavy atom. The van der Waals surface area contributed by atoms with E-state index in [-0.39, 0.29) is 6.29 Å². The zero-order valence-corrected chi connectivity index (χ0v) is 5.44. The molecule has 4 heteroatoms. The SMILES string of the molecule is CC(=O)C=C(O)C(O)C=O. The Hall–Kier alpha value is -1.16. The first-order chi connectivity index (χ1) is 4.57. The van der Waals surface area contributed by atoms with Crippen molar-refractivity contribution in [2.75, 3.05) is 0 Å². The average molecular weight is 144 g/mol. The van der Waals surface area contributed by atoms with Gasteiger partial charge in [0.05, 0.1) is 0 Å². The molecule has 56 valence electrons. The van der Waals surface area contributed by atoms with E-state index in [0.717, 1.165) is 6.08 Å². The molecular weight excluding hydrogens is 136 g/mol. The van der Waals surface area contributed by atoms with E-state index in [9.17, 15) is 9.59 Å². The maximum absolute atomic E-state index is 10.2. The van der Waals surface area contributed by atoms with Crippen LogP contribution in [0.15, 0.2) is 11.8 Å². The van der Waals surface area contributed by atoms with Gasteiger partial charge in [-0.05, 0) is 6.92 Å². The van der Waals surface area contributed by atoms with E-state index in [1.807, 2.05) is 0 Å². The number of aliphatic hydroxyl groups is 2. The Kier molecular flexibility index (Phi) is 3.35. The van der Waals surface area contributed by atoms with Crippen molar-refractivity contribution in [2.45, 2.75) is 13.0 Å². The van der Waals surface area contributed by atoms with Gasteiger partial charge in [-0.15, -0.1) is 0 Å². The second kappa shape index (κ2) is 3.79. The molecule has 0 aromatic rings. The summed E-state index contributed by atoms with van der Waals surface area (Å²) in [6.07, 6.45) is -0.655. The summed E-state index contributed by atoms with van der Waals surface area (Å²) in [5, 5.41) is 17.2. The van der Waals surface area contributed by atoms with Crippen molar-refractivity contribution in [3.63, 3.8) is 0 Å². The van der Waals surface area contributed by atoms with Gasteiger partial charge in [-0.2, -0.15) is 0 Å². The second-order valence-corrected chi connectivity index (χ2v) is 1.76. The van der Waals surface area contributed by atoms with Gasteiger partial charge in [0.2, 0.25) is 0 Å². The topological polar surface area (TPSA) is 74.6 Å². The zero-order valence-electron chi connectivity index (χ0n) is 5.44. The molecule has 1 atom stereocenters. The molecule has 2 N–H and O–H groups in total. The van der Waals surface area contributed by atoms with E-state index in [4.69, 9.17) is 10.2 Å². The van der Waals surface area contributed by atoms with Gasteiger partial charge in [-0.1, -0.05) is 0 Å². The van der Waals surface area contributed by atoms with Crippen molar-refractivity contribution >= 4 is 12.1 Å². The van der Waals surface area contributed by atoms with E-state index in [2.05, 4.69) is 0 Å². The lowest BCUT2D eigenvalue weighted by molar-refractivity contribution is -0.114. The van der Waals surface area contributed by atoms with Crippen molar-refractivity contribution in [1.29, 1.82) is 0 Å². The van der Waals surface area contributed by atoms with Crippen molar-refractivity contribution in [3.8, 4) is 0 Å². The maximum atomic E-state index is 10.2. The van der Waals surface area contributed by atoms with Crippen LogP contribution < -0.4 is 0 Å². The van der Waals surface area contributed by atoms with Crippen LogP contribution in [0.25, 0.3) is 0 Å². The highest BCUT2D eigenvalue weighted by Crippen LogP contribution is 1.93. The quantitative estimate of drug-likeness (QED) is 0.320. The summed E-state index contributed by atoms with van der Waals surface area (Å²) in [5.74, 6) is -1.04. The third kappa shape index (κ3) is 2.99. The van der Waals surface area contributed by atoms with Gasteiger partial charge in [0.25, 0.3) is 0 Å². The van der Waals surface area contributed by atoms with Gasteiger partial charge < -0.3 is 10.2 Å². The maximum Gasteiger partial charge on any atom is 0.166 e. The molecule has 10 heavy (non-hydrogen) atoms. The van der Waals surface area contributed by atoms with E-state index in [1.165, 1.54) is 6.92 Å². The monoisotopic (exact) mass is 144 g/mol. The number of rotatable bonds is 3. The summed E-state index contributed by atoms with van der Waals surface area (Å²) in [6, 6.07) is 0. The minimum absolute atomic E-state index is 0.134. The van der Waals surface area contributed by atoms with Crippen LogP contribution in [0.1, 0.15) is 6.92 Å². The Morgan fingerprint density at radius 3 is 2.40 bits per heavy atom. The summed E-state index contributed by atoms with van der Waals surface area (Å²) in [7, 11) is 0. The van der Waals surface area contributed by atoms with Gasteiger partial charge in [0.15, 0.2) is 18.2 Å². The van der Waals surface area contributed by atoms with Crippen LogP contribution in [0.4, 0.5) is 0 Å². The second-order valence-electron chi connectivity index (χ2n) is 1.76. The molecule has 0 radical (unpaired) electrons. The zero-order chi connectivity index (χ0) is 8.15. The molecule has 0 saturated heterocycles. The molecule has 0 heterocycles. The molecule has 1 unspecified atom stereocenters. The van der Waals surface area contributed by atoms with Crippen molar-refractivity contribution < 1.29 is 19.8 Å². The highest BCUT2D eigenvalue weighted by atomic mass is 16.3. The molecule has 0 bridgehead atoms. The minimum atomic E-state index is -1.58. The molecular formula is C6H8O4. The number of ketones is 1. The highest BCUT2D eigenvalue weighted by Gasteiger charge is 2.06. The average Bonchev–Trinajstić information content (AvgIpc) is 1.85. The Bertz CT molecular complexity index is 171. The van der Waals surface area contributed by atoms with Gasteiger partial charge in [-0.25, -0.2) is 0 Å². The van der Waals surface area contributed by atoms with Gasteiger partial charge >= 0.3 is 0 Å². The van der Waals surface area contributed by atoms with E-state index in [1.54, 1.807) is 0 Å². The summed E-state index contributed by atoms with van der Waals surface area (Å²) < 4.78 is 0. The van der Waals surface area contributed by atoms with Gasteiger partial charge in [-0.3, -0.25) is 9.59 Å². The summed E-state index contributed by atoms with van der Waals surface area (Å²) in [6.45, 7) is 1.20. The van der Waals surface area contributed by atoms with Crippen LogP contribution in [0.2, 0.25) is 0 Å². The first kappa shape index (κ1) is 8.84. The predicted molar refractivity (Wildman–Crippen MR) is 33.5 cm³/mol. The fourth-order valence-electron chi connectivity index (χ4n) is 0.363.